The fraction of sp³-hybridized carbons (Fsp3) is 0.286. The van der Waals surface area contributed by atoms with Crippen LogP contribution in [0.3, 0.4) is 0 Å². The van der Waals surface area contributed by atoms with Gasteiger partial charge in [0, 0.05) is 22.6 Å². The van der Waals surface area contributed by atoms with Crippen molar-refractivity contribution in [3.8, 4) is 11.4 Å². The maximum absolute atomic E-state index is 5.67. The van der Waals surface area contributed by atoms with Crippen LogP contribution in [0.15, 0.2) is 30.3 Å². The molecule has 0 atom stereocenters. The molecular formula is C14H17N3. The van der Waals surface area contributed by atoms with Crippen molar-refractivity contribution in [2.24, 2.45) is 0 Å². The number of aromatic nitrogens is 2. The van der Waals surface area contributed by atoms with E-state index in [0.29, 0.717) is 5.92 Å². The lowest BCUT2D eigenvalue weighted by Gasteiger charge is -2.08. The minimum atomic E-state index is 0.407. The maximum atomic E-state index is 5.67. The second-order valence-electron chi connectivity index (χ2n) is 4.53. The quantitative estimate of drug-likeness (QED) is 0.802. The molecule has 3 nitrogen and oxygen atoms in total. The third-order valence-corrected chi connectivity index (χ3v) is 2.63. The maximum Gasteiger partial charge on any atom is 0.159 e. The molecule has 17 heavy (non-hydrogen) atoms. The second-order valence-corrected chi connectivity index (χ2v) is 4.53. The Bertz CT molecular complexity index is 515. The molecule has 88 valence electrons. The molecule has 0 unspecified atom stereocenters. The van der Waals surface area contributed by atoms with Crippen LogP contribution in [0.1, 0.15) is 31.2 Å². The summed E-state index contributed by atoms with van der Waals surface area (Å²) >= 11 is 0. The van der Waals surface area contributed by atoms with E-state index >= 15 is 0 Å². The van der Waals surface area contributed by atoms with Crippen molar-refractivity contribution >= 4 is 5.69 Å². The molecule has 0 aliphatic rings. The predicted molar refractivity (Wildman–Crippen MR) is 70.7 cm³/mol. The Balaban J connectivity index is 2.48. The van der Waals surface area contributed by atoms with Crippen LogP contribution in [0.4, 0.5) is 5.69 Å². The van der Waals surface area contributed by atoms with E-state index in [9.17, 15) is 0 Å². The number of benzene rings is 1. The number of hydrogen-bond donors (Lipinski definition) is 1. The summed E-state index contributed by atoms with van der Waals surface area (Å²) in [6.07, 6.45) is 0. The first-order valence-corrected chi connectivity index (χ1v) is 5.78. The molecule has 1 heterocycles. The van der Waals surface area contributed by atoms with Gasteiger partial charge in [-0.1, -0.05) is 13.8 Å². The first-order valence-electron chi connectivity index (χ1n) is 5.78. The van der Waals surface area contributed by atoms with Gasteiger partial charge in [0.15, 0.2) is 5.82 Å². The normalized spacial score (nSPS) is 10.8. The molecule has 0 aliphatic heterocycles. The Morgan fingerprint density at radius 1 is 1.06 bits per heavy atom. The molecule has 2 N–H and O–H groups in total. The SMILES string of the molecule is Cc1cc(C(C)C)nc(-c2ccc(N)cc2)n1. The van der Waals surface area contributed by atoms with Crippen molar-refractivity contribution in [2.45, 2.75) is 26.7 Å². The molecule has 1 aromatic carbocycles. The highest BCUT2D eigenvalue weighted by molar-refractivity contribution is 5.58. The topological polar surface area (TPSA) is 51.8 Å². The van der Waals surface area contributed by atoms with Crippen LogP contribution in [0.5, 0.6) is 0 Å². The number of anilines is 1. The third-order valence-electron chi connectivity index (χ3n) is 2.63. The molecule has 0 fully saturated rings. The Kier molecular flexibility index (Phi) is 3.09. The lowest BCUT2D eigenvalue weighted by atomic mass is 10.1. The minimum Gasteiger partial charge on any atom is -0.399 e. The second kappa shape index (κ2) is 4.53. The number of aryl methyl sites for hydroxylation is 1. The summed E-state index contributed by atoms with van der Waals surface area (Å²) in [5.74, 6) is 1.18. The van der Waals surface area contributed by atoms with Gasteiger partial charge in [0.2, 0.25) is 0 Å². The van der Waals surface area contributed by atoms with Crippen molar-refractivity contribution in [1.82, 2.24) is 9.97 Å². The number of rotatable bonds is 2. The molecule has 2 rings (SSSR count). The van der Waals surface area contributed by atoms with Crippen LogP contribution in [-0.4, -0.2) is 9.97 Å². The average Bonchev–Trinajstić information content (AvgIpc) is 2.29. The standard InChI is InChI=1S/C14H17N3/c1-9(2)13-8-10(3)16-14(17-13)11-4-6-12(15)7-5-11/h4-9H,15H2,1-3H3. The van der Waals surface area contributed by atoms with E-state index < -0.39 is 0 Å². The van der Waals surface area contributed by atoms with E-state index in [1.165, 1.54) is 0 Å². The summed E-state index contributed by atoms with van der Waals surface area (Å²) in [7, 11) is 0. The van der Waals surface area contributed by atoms with Gasteiger partial charge in [0.25, 0.3) is 0 Å². The van der Waals surface area contributed by atoms with E-state index in [0.717, 1.165) is 28.5 Å². The summed E-state index contributed by atoms with van der Waals surface area (Å²) < 4.78 is 0. The summed E-state index contributed by atoms with van der Waals surface area (Å²) in [4.78, 5) is 9.05. The van der Waals surface area contributed by atoms with Gasteiger partial charge in [0.05, 0.1) is 0 Å². The number of hydrogen-bond acceptors (Lipinski definition) is 3. The first-order chi connectivity index (χ1) is 8.06. The lowest BCUT2D eigenvalue weighted by Crippen LogP contribution is -1.99. The van der Waals surface area contributed by atoms with Crippen molar-refractivity contribution in [2.75, 3.05) is 5.73 Å². The van der Waals surface area contributed by atoms with Gasteiger partial charge in [0.1, 0.15) is 0 Å². The molecule has 0 radical (unpaired) electrons. The number of nitrogens with zero attached hydrogens (tertiary/aromatic N) is 2. The van der Waals surface area contributed by atoms with Gasteiger partial charge in [-0.3, -0.25) is 0 Å². The highest BCUT2D eigenvalue weighted by Crippen LogP contribution is 2.20. The van der Waals surface area contributed by atoms with E-state index in [-0.39, 0.29) is 0 Å². The van der Waals surface area contributed by atoms with E-state index in [2.05, 4.69) is 23.8 Å². The average molecular weight is 227 g/mol. The van der Waals surface area contributed by atoms with Gasteiger partial charge in [-0.2, -0.15) is 0 Å². The molecule has 0 saturated heterocycles. The highest BCUT2D eigenvalue weighted by atomic mass is 14.9. The molecule has 0 spiro atoms. The van der Waals surface area contributed by atoms with E-state index in [1.54, 1.807) is 0 Å². The van der Waals surface area contributed by atoms with Crippen molar-refractivity contribution < 1.29 is 0 Å². The molecule has 2 aromatic rings. The summed E-state index contributed by atoms with van der Waals surface area (Å²) in [6.45, 7) is 6.26. The third kappa shape index (κ3) is 2.61. The molecule has 0 saturated carbocycles. The van der Waals surface area contributed by atoms with Crippen LogP contribution < -0.4 is 5.73 Å². The number of nitrogen functional groups attached to an aromatic ring is 1. The zero-order chi connectivity index (χ0) is 12.4. The van der Waals surface area contributed by atoms with Gasteiger partial charge in [-0.15, -0.1) is 0 Å². The van der Waals surface area contributed by atoms with Crippen molar-refractivity contribution in [3.63, 3.8) is 0 Å². The highest BCUT2D eigenvalue weighted by Gasteiger charge is 2.07. The van der Waals surface area contributed by atoms with Crippen LogP contribution in [0.25, 0.3) is 11.4 Å². The van der Waals surface area contributed by atoms with Gasteiger partial charge < -0.3 is 5.73 Å². The lowest BCUT2D eigenvalue weighted by molar-refractivity contribution is 0.812. The van der Waals surface area contributed by atoms with Crippen LogP contribution >= 0.6 is 0 Å². The van der Waals surface area contributed by atoms with Crippen molar-refractivity contribution in [1.29, 1.82) is 0 Å². The summed E-state index contributed by atoms with van der Waals surface area (Å²) in [5, 5.41) is 0. The zero-order valence-electron chi connectivity index (χ0n) is 10.4. The van der Waals surface area contributed by atoms with E-state index in [4.69, 9.17) is 5.73 Å². The fourth-order valence-electron chi connectivity index (χ4n) is 1.65. The van der Waals surface area contributed by atoms with E-state index in [1.807, 2.05) is 37.3 Å². The van der Waals surface area contributed by atoms with Gasteiger partial charge >= 0.3 is 0 Å². The first kappa shape index (κ1) is 11.6. The van der Waals surface area contributed by atoms with Gasteiger partial charge in [-0.25, -0.2) is 9.97 Å². The molecular weight excluding hydrogens is 210 g/mol. The monoisotopic (exact) mass is 227 g/mol. The molecule has 0 amide bonds. The predicted octanol–water partition coefficient (Wildman–Crippen LogP) is 3.16. The Labute approximate surface area is 102 Å². The summed E-state index contributed by atoms with van der Waals surface area (Å²) in [5.41, 5.74) is 9.50. The Morgan fingerprint density at radius 2 is 1.71 bits per heavy atom. The zero-order valence-corrected chi connectivity index (χ0v) is 10.4. The summed E-state index contributed by atoms with van der Waals surface area (Å²) in [6, 6.07) is 9.68. The molecule has 0 aliphatic carbocycles. The van der Waals surface area contributed by atoms with Gasteiger partial charge in [-0.05, 0) is 43.2 Å². The smallest absolute Gasteiger partial charge is 0.159 e. The molecule has 3 heteroatoms. The molecule has 1 aromatic heterocycles. The van der Waals surface area contributed by atoms with Crippen LogP contribution in [0, 0.1) is 6.92 Å². The number of nitrogens with two attached hydrogens (primary N) is 1. The fourth-order valence-corrected chi connectivity index (χ4v) is 1.65. The Morgan fingerprint density at radius 3 is 2.29 bits per heavy atom. The molecule has 0 bridgehead atoms. The largest absolute Gasteiger partial charge is 0.399 e. The van der Waals surface area contributed by atoms with Crippen LogP contribution in [-0.2, 0) is 0 Å². The van der Waals surface area contributed by atoms with Crippen molar-refractivity contribution in [3.05, 3.63) is 41.7 Å². The Hall–Kier alpha value is -1.90. The van der Waals surface area contributed by atoms with Crippen LogP contribution in [0.2, 0.25) is 0 Å². The minimum absolute atomic E-state index is 0.407.